The van der Waals surface area contributed by atoms with Gasteiger partial charge < -0.3 is 21.1 Å². The predicted octanol–water partition coefficient (Wildman–Crippen LogP) is 3.63. The van der Waals surface area contributed by atoms with Crippen molar-refractivity contribution in [3.8, 4) is 16.8 Å². The summed E-state index contributed by atoms with van der Waals surface area (Å²) in [6, 6.07) is 25.2. The lowest BCUT2D eigenvalue weighted by atomic mass is 9.99. The number of likely N-dealkylation sites (tertiary alicyclic amines) is 1. The lowest BCUT2D eigenvalue weighted by Gasteiger charge is -2.37. The maximum Gasteiger partial charge on any atom is 0.407 e. The number of aromatic nitrogens is 2. The highest BCUT2D eigenvalue weighted by atomic mass is 16.4. The molecular formula is C29H27N5O4. The van der Waals surface area contributed by atoms with E-state index in [1.807, 2.05) is 43.3 Å². The molecule has 3 amide bonds. The van der Waals surface area contributed by atoms with E-state index in [1.165, 1.54) is 10.5 Å². The van der Waals surface area contributed by atoms with E-state index in [-0.39, 0.29) is 17.6 Å². The van der Waals surface area contributed by atoms with E-state index < -0.39 is 12.0 Å². The summed E-state index contributed by atoms with van der Waals surface area (Å²) < 4.78 is 1.70. The summed E-state index contributed by atoms with van der Waals surface area (Å²) in [5, 5.41) is 16.0. The summed E-state index contributed by atoms with van der Waals surface area (Å²) in [5.41, 5.74) is 12.2. The van der Waals surface area contributed by atoms with Gasteiger partial charge in [-0.05, 0) is 65.9 Å². The van der Waals surface area contributed by atoms with Gasteiger partial charge in [0.05, 0.1) is 11.7 Å². The third kappa shape index (κ3) is 5.27. The molecule has 192 valence electrons. The Morgan fingerprint density at radius 1 is 0.921 bits per heavy atom. The molecule has 4 N–H and O–H groups in total. The fourth-order valence-corrected chi connectivity index (χ4v) is 4.47. The summed E-state index contributed by atoms with van der Waals surface area (Å²) in [7, 11) is 0. The Hall–Kier alpha value is -4.92. The number of nitrogens with two attached hydrogens (primary N) is 1. The Kier molecular flexibility index (Phi) is 6.66. The van der Waals surface area contributed by atoms with Gasteiger partial charge in [0, 0.05) is 24.3 Å². The van der Waals surface area contributed by atoms with Crippen LogP contribution >= 0.6 is 0 Å². The van der Waals surface area contributed by atoms with E-state index in [0.717, 1.165) is 34.5 Å². The monoisotopic (exact) mass is 509 g/mol. The first-order valence-electron chi connectivity index (χ1n) is 12.2. The van der Waals surface area contributed by atoms with Gasteiger partial charge in [-0.25, -0.2) is 9.48 Å². The fraction of sp³-hybridized carbons (Fsp3) is 0.172. The number of benzene rings is 3. The minimum atomic E-state index is -0.967. The van der Waals surface area contributed by atoms with E-state index in [4.69, 9.17) is 10.8 Å². The Bertz CT molecular complexity index is 1490. The molecule has 3 aromatic carbocycles. The van der Waals surface area contributed by atoms with Crippen LogP contribution in [0.4, 0.5) is 4.79 Å². The molecule has 9 nitrogen and oxygen atoms in total. The first-order valence-corrected chi connectivity index (χ1v) is 12.2. The molecule has 0 aliphatic carbocycles. The molecule has 1 aliphatic rings. The van der Waals surface area contributed by atoms with Crippen molar-refractivity contribution in [2.45, 2.75) is 19.4 Å². The number of hydrogen-bond acceptors (Lipinski definition) is 4. The topological polar surface area (TPSA) is 131 Å². The van der Waals surface area contributed by atoms with Crippen LogP contribution in [-0.2, 0) is 6.42 Å². The number of amides is 3. The summed E-state index contributed by atoms with van der Waals surface area (Å²) >= 11 is 0. The molecule has 1 saturated heterocycles. The van der Waals surface area contributed by atoms with Crippen molar-refractivity contribution in [1.82, 2.24) is 20.0 Å². The smallest absolute Gasteiger partial charge is 0.407 e. The highest BCUT2D eigenvalue weighted by Gasteiger charge is 2.31. The summed E-state index contributed by atoms with van der Waals surface area (Å²) in [6.45, 7) is 2.51. The highest BCUT2D eigenvalue weighted by Crippen LogP contribution is 2.22. The molecule has 0 saturated carbocycles. The number of carbonyl (C=O) groups excluding carboxylic acids is 2. The van der Waals surface area contributed by atoms with Crippen LogP contribution in [0.2, 0.25) is 0 Å². The van der Waals surface area contributed by atoms with Gasteiger partial charge in [0.15, 0.2) is 5.69 Å². The largest absolute Gasteiger partial charge is 0.465 e. The van der Waals surface area contributed by atoms with Gasteiger partial charge in [-0.3, -0.25) is 9.59 Å². The minimum absolute atomic E-state index is 0.147. The average Bonchev–Trinajstić information content (AvgIpc) is 3.28. The van der Waals surface area contributed by atoms with Gasteiger partial charge in [0.25, 0.3) is 11.8 Å². The second-order valence-corrected chi connectivity index (χ2v) is 9.42. The summed E-state index contributed by atoms with van der Waals surface area (Å²) in [4.78, 5) is 36.0. The molecule has 0 bridgehead atoms. The fourth-order valence-electron chi connectivity index (χ4n) is 4.47. The Balaban J connectivity index is 1.19. The van der Waals surface area contributed by atoms with E-state index in [1.54, 1.807) is 22.9 Å². The molecule has 1 fully saturated rings. The van der Waals surface area contributed by atoms with E-state index in [0.29, 0.717) is 18.7 Å². The standard InChI is InChI=1S/C29H27N5O4/c1-18-14-26(27(30)35)32-34(18)25-12-4-20(5-13-25)15-19-2-6-21(7-3-19)22-8-10-23(11-9-22)28(36)31-24-16-33(17-24)29(37)38/h2-14,24H,15-17H2,1H3,(H2,30,35)(H,31,36)(H,37,38). The SMILES string of the molecule is Cc1cc(C(N)=O)nn1-c1ccc(Cc2ccc(-c3ccc(C(=O)NC4CN(C(=O)O)C4)cc3)cc2)cc1. The van der Waals surface area contributed by atoms with Crippen LogP contribution in [0.5, 0.6) is 0 Å². The number of nitrogens with one attached hydrogen (secondary N) is 1. The molecule has 1 aromatic heterocycles. The molecule has 38 heavy (non-hydrogen) atoms. The zero-order chi connectivity index (χ0) is 26.8. The van der Waals surface area contributed by atoms with Crippen molar-refractivity contribution in [3.05, 3.63) is 107 Å². The first kappa shape index (κ1) is 24.8. The molecule has 1 aliphatic heterocycles. The molecular weight excluding hydrogens is 482 g/mol. The number of rotatable bonds is 7. The molecule has 0 spiro atoms. The normalized spacial score (nSPS) is 13.1. The lowest BCUT2D eigenvalue weighted by molar-refractivity contribution is 0.0768. The van der Waals surface area contributed by atoms with Gasteiger partial charge >= 0.3 is 6.09 Å². The van der Waals surface area contributed by atoms with Gasteiger partial charge in [0.2, 0.25) is 0 Å². The van der Waals surface area contributed by atoms with Crippen molar-refractivity contribution in [2.75, 3.05) is 13.1 Å². The predicted molar refractivity (Wildman–Crippen MR) is 142 cm³/mol. The highest BCUT2D eigenvalue weighted by molar-refractivity contribution is 5.95. The van der Waals surface area contributed by atoms with Crippen molar-refractivity contribution < 1.29 is 19.5 Å². The van der Waals surface area contributed by atoms with E-state index in [9.17, 15) is 14.4 Å². The maximum absolute atomic E-state index is 12.4. The zero-order valence-corrected chi connectivity index (χ0v) is 20.8. The molecule has 0 atom stereocenters. The van der Waals surface area contributed by atoms with Crippen molar-refractivity contribution >= 4 is 17.9 Å². The quantitative estimate of drug-likeness (QED) is 0.350. The second-order valence-electron chi connectivity index (χ2n) is 9.42. The van der Waals surface area contributed by atoms with Gasteiger partial charge in [0.1, 0.15) is 0 Å². The number of nitrogens with zero attached hydrogens (tertiary/aromatic N) is 3. The van der Waals surface area contributed by atoms with Crippen LogP contribution < -0.4 is 11.1 Å². The second kappa shape index (κ2) is 10.2. The Morgan fingerprint density at radius 3 is 2.00 bits per heavy atom. The van der Waals surface area contributed by atoms with Crippen molar-refractivity contribution in [3.63, 3.8) is 0 Å². The number of hydrogen-bond donors (Lipinski definition) is 3. The third-order valence-electron chi connectivity index (χ3n) is 6.65. The van der Waals surface area contributed by atoms with Crippen molar-refractivity contribution in [2.24, 2.45) is 5.73 Å². The molecule has 0 radical (unpaired) electrons. The summed E-state index contributed by atoms with van der Waals surface area (Å²) in [5.74, 6) is -0.753. The number of carbonyl (C=O) groups is 3. The molecule has 4 aromatic rings. The minimum Gasteiger partial charge on any atom is -0.465 e. The van der Waals surface area contributed by atoms with E-state index in [2.05, 4.69) is 34.7 Å². The van der Waals surface area contributed by atoms with Crippen molar-refractivity contribution in [1.29, 1.82) is 0 Å². The molecule has 9 heteroatoms. The van der Waals surface area contributed by atoms with Crippen LogP contribution in [-0.4, -0.2) is 56.8 Å². The molecule has 2 heterocycles. The van der Waals surface area contributed by atoms with Gasteiger partial charge in [-0.1, -0.05) is 48.5 Å². The number of primary amides is 1. The molecule has 0 unspecified atom stereocenters. The summed E-state index contributed by atoms with van der Waals surface area (Å²) in [6.07, 6.45) is -0.198. The number of carboxylic acid groups (broad SMARTS) is 1. The zero-order valence-electron chi connectivity index (χ0n) is 20.8. The first-order chi connectivity index (χ1) is 18.3. The van der Waals surface area contributed by atoms with Gasteiger partial charge in [-0.2, -0.15) is 5.10 Å². The van der Waals surface area contributed by atoms with Gasteiger partial charge in [-0.15, -0.1) is 0 Å². The Labute approximate surface area is 219 Å². The van der Waals surface area contributed by atoms with E-state index >= 15 is 0 Å². The van der Waals surface area contributed by atoms with Crippen LogP contribution in [0.15, 0.2) is 78.9 Å². The average molecular weight is 510 g/mol. The van der Waals surface area contributed by atoms with Crippen LogP contribution in [0.1, 0.15) is 37.7 Å². The maximum atomic E-state index is 12.4. The van der Waals surface area contributed by atoms with Crippen LogP contribution in [0.3, 0.4) is 0 Å². The van der Waals surface area contributed by atoms with Crippen LogP contribution in [0, 0.1) is 6.92 Å². The van der Waals surface area contributed by atoms with Crippen LogP contribution in [0.25, 0.3) is 16.8 Å². The number of aryl methyl sites for hydroxylation is 1. The Morgan fingerprint density at radius 2 is 1.47 bits per heavy atom. The lowest BCUT2D eigenvalue weighted by Crippen LogP contribution is -2.60. The third-order valence-corrected chi connectivity index (χ3v) is 6.65. The molecule has 5 rings (SSSR count).